The normalized spacial score (nSPS) is 12.3. The molecule has 110 valence electrons. The third-order valence-corrected chi connectivity index (χ3v) is 3.15. The van der Waals surface area contributed by atoms with Crippen LogP contribution in [0.25, 0.3) is 11.3 Å². The average molecular weight is 275 g/mol. The zero-order chi connectivity index (χ0) is 14.9. The smallest absolute Gasteiger partial charge is 0.137 e. The molecule has 2 rings (SSSR count). The molecule has 4 heteroatoms. The number of nitrogens with zero attached hydrogens (tertiary/aromatic N) is 2. The zero-order valence-corrected chi connectivity index (χ0v) is 13.3. The predicted octanol–water partition coefficient (Wildman–Crippen LogP) is 3.48. The molecular formula is C16H25N3O. The summed E-state index contributed by atoms with van der Waals surface area (Å²) in [4.78, 5) is 0. The van der Waals surface area contributed by atoms with Gasteiger partial charge < -0.3 is 9.73 Å². The number of hydrogen-bond donors (Lipinski definition) is 1. The molecule has 4 nitrogen and oxygen atoms in total. The number of nitrogens with one attached hydrogen (secondary N) is 1. The van der Waals surface area contributed by atoms with Crippen LogP contribution in [0.2, 0.25) is 0 Å². The summed E-state index contributed by atoms with van der Waals surface area (Å²) in [5, 5.41) is 7.94. The predicted molar refractivity (Wildman–Crippen MR) is 81.6 cm³/mol. The summed E-state index contributed by atoms with van der Waals surface area (Å²) in [6, 6.07) is 4.51. The lowest BCUT2D eigenvalue weighted by atomic mass is 9.89. The molecule has 1 N–H and O–H groups in total. The molecule has 0 radical (unpaired) electrons. The van der Waals surface area contributed by atoms with E-state index in [1.165, 1.54) is 0 Å². The molecule has 0 aliphatic rings. The molecule has 0 atom stereocenters. The SMILES string of the molecule is CC(C)NCc1ccc(-c2cn(C)nc2C(C)(C)C)o1. The van der Waals surface area contributed by atoms with Crippen LogP contribution in [0.4, 0.5) is 0 Å². The number of furan rings is 1. The number of aromatic nitrogens is 2. The van der Waals surface area contributed by atoms with Gasteiger partial charge in [0.05, 0.1) is 17.8 Å². The van der Waals surface area contributed by atoms with Crippen LogP contribution in [-0.4, -0.2) is 15.8 Å². The molecule has 2 aromatic heterocycles. The fraction of sp³-hybridized carbons (Fsp3) is 0.562. The second-order valence-electron chi connectivity index (χ2n) is 6.62. The van der Waals surface area contributed by atoms with E-state index in [2.05, 4.69) is 45.0 Å². The van der Waals surface area contributed by atoms with Crippen LogP contribution < -0.4 is 5.32 Å². The van der Waals surface area contributed by atoms with Gasteiger partial charge in [-0.25, -0.2) is 0 Å². The minimum Gasteiger partial charge on any atom is -0.460 e. The van der Waals surface area contributed by atoms with E-state index in [4.69, 9.17) is 4.42 Å². The van der Waals surface area contributed by atoms with Gasteiger partial charge in [-0.3, -0.25) is 4.68 Å². The fourth-order valence-electron chi connectivity index (χ4n) is 2.15. The van der Waals surface area contributed by atoms with Crippen molar-refractivity contribution in [3.8, 4) is 11.3 Å². The van der Waals surface area contributed by atoms with E-state index in [-0.39, 0.29) is 5.41 Å². The molecule has 0 fully saturated rings. The van der Waals surface area contributed by atoms with Crippen molar-refractivity contribution >= 4 is 0 Å². The Morgan fingerprint density at radius 3 is 2.60 bits per heavy atom. The summed E-state index contributed by atoms with van der Waals surface area (Å²) in [5.74, 6) is 1.85. The van der Waals surface area contributed by atoms with E-state index in [0.29, 0.717) is 6.04 Å². The summed E-state index contributed by atoms with van der Waals surface area (Å²) in [6.07, 6.45) is 2.03. The quantitative estimate of drug-likeness (QED) is 0.929. The summed E-state index contributed by atoms with van der Waals surface area (Å²) in [5.41, 5.74) is 2.15. The molecule has 0 saturated heterocycles. The van der Waals surface area contributed by atoms with E-state index < -0.39 is 0 Å². The molecule has 0 spiro atoms. The summed E-state index contributed by atoms with van der Waals surface area (Å²) in [7, 11) is 1.95. The van der Waals surface area contributed by atoms with Crippen molar-refractivity contribution in [3.63, 3.8) is 0 Å². The minimum atomic E-state index is -0.000269. The molecule has 0 aliphatic carbocycles. The van der Waals surface area contributed by atoms with E-state index in [9.17, 15) is 0 Å². The second-order valence-corrected chi connectivity index (χ2v) is 6.62. The third-order valence-electron chi connectivity index (χ3n) is 3.15. The van der Waals surface area contributed by atoms with Gasteiger partial charge in [0.25, 0.3) is 0 Å². The van der Waals surface area contributed by atoms with E-state index >= 15 is 0 Å². The van der Waals surface area contributed by atoms with Crippen LogP contribution in [0.1, 0.15) is 46.1 Å². The molecule has 0 bridgehead atoms. The van der Waals surface area contributed by atoms with Crippen molar-refractivity contribution < 1.29 is 4.42 Å². The van der Waals surface area contributed by atoms with Crippen molar-refractivity contribution in [2.45, 2.75) is 52.6 Å². The number of hydrogen-bond acceptors (Lipinski definition) is 3. The maximum atomic E-state index is 5.95. The van der Waals surface area contributed by atoms with Gasteiger partial charge in [0.2, 0.25) is 0 Å². The average Bonchev–Trinajstić information content (AvgIpc) is 2.91. The highest BCUT2D eigenvalue weighted by Crippen LogP contribution is 2.32. The Hall–Kier alpha value is -1.55. The highest BCUT2D eigenvalue weighted by Gasteiger charge is 2.24. The second kappa shape index (κ2) is 5.44. The van der Waals surface area contributed by atoms with Crippen LogP contribution in [0, 0.1) is 0 Å². The molecular weight excluding hydrogens is 250 g/mol. The monoisotopic (exact) mass is 275 g/mol. The number of aryl methyl sites for hydroxylation is 1. The van der Waals surface area contributed by atoms with Crippen molar-refractivity contribution in [1.29, 1.82) is 0 Å². The topological polar surface area (TPSA) is 43.0 Å². The highest BCUT2D eigenvalue weighted by molar-refractivity contribution is 5.61. The summed E-state index contributed by atoms with van der Waals surface area (Å²) >= 11 is 0. The highest BCUT2D eigenvalue weighted by atomic mass is 16.3. The van der Waals surface area contributed by atoms with Crippen LogP contribution in [-0.2, 0) is 19.0 Å². The van der Waals surface area contributed by atoms with Crippen molar-refractivity contribution in [3.05, 3.63) is 29.8 Å². The molecule has 0 saturated carbocycles. The molecule has 20 heavy (non-hydrogen) atoms. The van der Waals surface area contributed by atoms with Gasteiger partial charge in [0.15, 0.2) is 0 Å². The van der Waals surface area contributed by atoms with Gasteiger partial charge in [-0.15, -0.1) is 0 Å². The Morgan fingerprint density at radius 2 is 2.00 bits per heavy atom. The Morgan fingerprint density at radius 1 is 1.30 bits per heavy atom. The maximum Gasteiger partial charge on any atom is 0.137 e. The molecule has 0 aliphatic heterocycles. The van der Waals surface area contributed by atoms with Crippen molar-refractivity contribution in [2.24, 2.45) is 7.05 Å². The molecule has 0 amide bonds. The fourth-order valence-corrected chi connectivity index (χ4v) is 2.15. The third kappa shape index (κ3) is 3.31. The van der Waals surface area contributed by atoms with Crippen LogP contribution in [0.3, 0.4) is 0 Å². The van der Waals surface area contributed by atoms with Crippen LogP contribution >= 0.6 is 0 Å². The Kier molecular flexibility index (Phi) is 4.04. The summed E-state index contributed by atoms with van der Waals surface area (Å²) in [6.45, 7) is 11.5. The molecule has 0 unspecified atom stereocenters. The van der Waals surface area contributed by atoms with E-state index in [0.717, 1.165) is 29.3 Å². The largest absolute Gasteiger partial charge is 0.460 e. The van der Waals surface area contributed by atoms with Crippen molar-refractivity contribution in [1.82, 2.24) is 15.1 Å². The van der Waals surface area contributed by atoms with Gasteiger partial charge >= 0.3 is 0 Å². The first-order chi connectivity index (χ1) is 9.27. The van der Waals surface area contributed by atoms with Crippen LogP contribution in [0.15, 0.2) is 22.7 Å². The molecule has 2 aromatic rings. The number of rotatable bonds is 4. The Labute approximate surface area is 121 Å². The standard InChI is InChI=1S/C16H25N3O/c1-11(2)17-9-12-7-8-14(20-12)13-10-19(6)18-15(13)16(3,4)5/h7-8,10-11,17H,9H2,1-6H3. The van der Waals surface area contributed by atoms with Gasteiger partial charge in [-0.05, 0) is 12.1 Å². The zero-order valence-electron chi connectivity index (χ0n) is 13.3. The minimum absolute atomic E-state index is 0.000269. The lowest BCUT2D eigenvalue weighted by Crippen LogP contribution is -2.21. The maximum absolute atomic E-state index is 5.95. The lowest BCUT2D eigenvalue weighted by Gasteiger charge is -2.16. The summed E-state index contributed by atoms with van der Waals surface area (Å²) < 4.78 is 7.81. The first-order valence-corrected chi connectivity index (χ1v) is 7.14. The van der Waals surface area contributed by atoms with Gasteiger partial charge in [-0.1, -0.05) is 34.6 Å². The van der Waals surface area contributed by atoms with Gasteiger partial charge in [0, 0.05) is 24.7 Å². The van der Waals surface area contributed by atoms with Gasteiger partial charge in [-0.2, -0.15) is 5.10 Å². The molecule has 2 heterocycles. The first-order valence-electron chi connectivity index (χ1n) is 7.14. The van der Waals surface area contributed by atoms with E-state index in [1.807, 2.05) is 30.1 Å². The lowest BCUT2D eigenvalue weighted by molar-refractivity contribution is 0.471. The van der Waals surface area contributed by atoms with Gasteiger partial charge in [0.1, 0.15) is 11.5 Å². The Balaban J connectivity index is 2.28. The first kappa shape index (κ1) is 14.9. The Bertz CT molecular complexity index is 573. The van der Waals surface area contributed by atoms with Crippen LogP contribution in [0.5, 0.6) is 0 Å². The van der Waals surface area contributed by atoms with E-state index in [1.54, 1.807) is 0 Å². The van der Waals surface area contributed by atoms with Crippen molar-refractivity contribution in [2.75, 3.05) is 0 Å². The molecule has 0 aromatic carbocycles.